The van der Waals surface area contributed by atoms with Crippen LogP contribution in [0.4, 0.5) is 0 Å². The summed E-state index contributed by atoms with van der Waals surface area (Å²) in [5.41, 5.74) is 1.66. The van der Waals surface area contributed by atoms with E-state index in [2.05, 4.69) is 0 Å². The highest BCUT2D eigenvalue weighted by molar-refractivity contribution is 5.79. The van der Waals surface area contributed by atoms with Gasteiger partial charge in [-0.2, -0.15) is 0 Å². The number of carbonyl (C=O) groups is 1. The third-order valence-electron chi connectivity index (χ3n) is 3.59. The van der Waals surface area contributed by atoms with Crippen molar-refractivity contribution in [1.29, 1.82) is 0 Å². The van der Waals surface area contributed by atoms with Gasteiger partial charge in [-0.25, -0.2) is 0 Å². The highest BCUT2D eigenvalue weighted by atomic mass is 16.5. The fourth-order valence-electron chi connectivity index (χ4n) is 2.42. The maximum Gasteiger partial charge on any atom is 0.153 e. The molecule has 108 valence electrons. The molecule has 0 bridgehead atoms. The van der Waals surface area contributed by atoms with Gasteiger partial charge in [-0.15, -0.1) is 0 Å². The lowest BCUT2D eigenvalue weighted by Crippen LogP contribution is -2.12. The van der Waals surface area contributed by atoms with Crippen molar-refractivity contribution in [1.82, 2.24) is 0 Å². The average molecular weight is 284 g/mol. The number of ether oxygens (including phenoxy) is 3. The van der Waals surface area contributed by atoms with Gasteiger partial charge in [0, 0.05) is 11.6 Å². The first-order chi connectivity index (χ1) is 10.3. The summed E-state index contributed by atoms with van der Waals surface area (Å²) >= 11 is 0. The summed E-state index contributed by atoms with van der Waals surface area (Å²) in [5, 5.41) is 0. The van der Waals surface area contributed by atoms with Gasteiger partial charge in [-0.3, -0.25) is 4.79 Å². The molecule has 0 aromatic heterocycles. The number of carbonyl (C=O) groups excluding carboxylic acids is 1. The summed E-state index contributed by atoms with van der Waals surface area (Å²) in [7, 11) is 1.58. The molecule has 0 saturated heterocycles. The smallest absolute Gasteiger partial charge is 0.153 e. The lowest BCUT2D eigenvalue weighted by Gasteiger charge is -2.13. The second kappa shape index (κ2) is 5.87. The molecule has 21 heavy (non-hydrogen) atoms. The van der Waals surface area contributed by atoms with Gasteiger partial charge in [-0.1, -0.05) is 18.2 Å². The zero-order valence-corrected chi connectivity index (χ0v) is 11.7. The number of hydrogen-bond acceptors (Lipinski definition) is 4. The van der Waals surface area contributed by atoms with Gasteiger partial charge in [0.15, 0.2) is 6.29 Å². The predicted molar refractivity (Wildman–Crippen MR) is 78.6 cm³/mol. The number of aldehydes is 1. The number of benzene rings is 2. The zero-order chi connectivity index (χ0) is 14.7. The molecular weight excluding hydrogens is 268 g/mol. The molecular formula is C17H16O4. The summed E-state index contributed by atoms with van der Waals surface area (Å²) in [6, 6.07) is 13.1. The molecule has 1 unspecified atom stereocenters. The Labute approximate surface area is 123 Å². The van der Waals surface area contributed by atoms with Crippen LogP contribution >= 0.6 is 0 Å². The summed E-state index contributed by atoms with van der Waals surface area (Å²) in [4.78, 5) is 11.1. The summed E-state index contributed by atoms with van der Waals surface area (Å²) in [6.07, 6.45) is 0.786. The van der Waals surface area contributed by atoms with Gasteiger partial charge in [0.2, 0.25) is 0 Å². The third kappa shape index (κ3) is 2.70. The Morgan fingerprint density at radius 2 is 2.14 bits per heavy atom. The molecule has 0 saturated carbocycles. The van der Waals surface area contributed by atoms with E-state index in [1.54, 1.807) is 25.3 Å². The molecule has 4 heteroatoms. The minimum absolute atomic E-state index is 0.173. The molecule has 3 rings (SSSR count). The van der Waals surface area contributed by atoms with E-state index < -0.39 is 0 Å². The Morgan fingerprint density at radius 3 is 2.95 bits per heavy atom. The van der Waals surface area contributed by atoms with Crippen molar-refractivity contribution in [2.45, 2.75) is 5.92 Å². The van der Waals surface area contributed by atoms with Gasteiger partial charge in [0.1, 0.15) is 17.2 Å². The van der Waals surface area contributed by atoms with E-state index >= 15 is 0 Å². The third-order valence-corrected chi connectivity index (χ3v) is 3.59. The number of hydrogen-bond donors (Lipinski definition) is 0. The van der Waals surface area contributed by atoms with Crippen molar-refractivity contribution in [3.05, 3.63) is 53.6 Å². The van der Waals surface area contributed by atoms with Crippen LogP contribution in [0.5, 0.6) is 17.2 Å². The Kier molecular flexibility index (Phi) is 3.77. The summed E-state index contributed by atoms with van der Waals surface area (Å²) in [6.45, 7) is 1.06. The van der Waals surface area contributed by atoms with Gasteiger partial charge in [-0.05, 0) is 18.2 Å². The molecule has 0 amide bonds. The minimum atomic E-state index is 0.173. The molecule has 0 spiro atoms. The first kappa shape index (κ1) is 13.5. The Bertz CT molecular complexity index is 651. The lowest BCUT2D eigenvalue weighted by atomic mass is 10.0. The molecule has 1 atom stereocenters. The van der Waals surface area contributed by atoms with Crippen LogP contribution in [-0.4, -0.2) is 26.6 Å². The van der Waals surface area contributed by atoms with Crippen molar-refractivity contribution < 1.29 is 19.0 Å². The Hall–Kier alpha value is -2.49. The zero-order valence-electron chi connectivity index (χ0n) is 11.7. The van der Waals surface area contributed by atoms with Crippen LogP contribution < -0.4 is 14.2 Å². The topological polar surface area (TPSA) is 44.8 Å². The molecule has 1 aliphatic rings. The van der Waals surface area contributed by atoms with Crippen molar-refractivity contribution in [3.63, 3.8) is 0 Å². The van der Waals surface area contributed by atoms with Crippen molar-refractivity contribution >= 4 is 6.29 Å². The summed E-state index contributed by atoms with van der Waals surface area (Å²) in [5.74, 6) is 2.28. The molecule has 2 aromatic carbocycles. The fourth-order valence-corrected chi connectivity index (χ4v) is 2.42. The monoisotopic (exact) mass is 284 g/mol. The van der Waals surface area contributed by atoms with Gasteiger partial charge < -0.3 is 14.2 Å². The molecule has 1 aliphatic heterocycles. The van der Waals surface area contributed by atoms with Crippen LogP contribution in [0.1, 0.15) is 21.8 Å². The second-order valence-corrected chi connectivity index (χ2v) is 4.88. The normalized spacial score (nSPS) is 16.0. The van der Waals surface area contributed by atoms with Crippen molar-refractivity contribution in [3.8, 4) is 17.2 Å². The van der Waals surface area contributed by atoms with E-state index in [-0.39, 0.29) is 5.92 Å². The SMILES string of the molecule is COc1ccc(C=O)c(OCC2COc3ccccc32)c1. The van der Waals surface area contributed by atoms with E-state index in [0.717, 1.165) is 17.6 Å². The maximum atomic E-state index is 11.1. The number of fused-ring (bicyclic) bond motifs is 1. The molecule has 2 aromatic rings. The summed E-state index contributed by atoms with van der Waals surface area (Å²) < 4.78 is 16.6. The van der Waals surface area contributed by atoms with Crippen LogP contribution in [0.3, 0.4) is 0 Å². The van der Waals surface area contributed by atoms with E-state index in [0.29, 0.717) is 30.3 Å². The first-order valence-electron chi connectivity index (χ1n) is 6.79. The fraction of sp³-hybridized carbons (Fsp3) is 0.235. The minimum Gasteiger partial charge on any atom is -0.497 e. The highest BCUT2D eigenvalue weighted by Crippen LogP contribution is 2.34. The van der Waals surface area contributed by atoms with E-state index in [1.807, 2.05) is 24.3 Å². The molecule has 0 radical (unpaired) electrons. The van der Waals surface area contributed by atoms with Crippen LogP contribution in [0.15, 0.2) is 42.5 Å². The number of para-hydroxylation sites is 1. The Morgan fingerprint density at radius 1 is 1.29 bits per heavy atom. The van der Waals surface area contributed by atoms with Crippen LogP contribution in [-0.2, 0) is 0 Å². The van der Waals surface area contributed by atoms with Gasteiger partial charge in [0.25, 0.3) is 0 Å². The molecule has 1 heterocycles. The number of rotatable bonds is 5. The standard InChI is InChI=1S/C17H16O4/c1-19-14-7-6-12(9-18)17(8-14)21-11-13-10-20-16-5-3-2-4-15(13)16/h2-9,13H,10-11H2,1H3. The van der Waals surface area contributed by atoms with E-state index in [4.69, 9.17) is 14.2 Å². The molecule has 4 nitrogen and oxygen atoms in total. The average Bonchev–Trinajstić information content (AvgIpc) is 2.96. The number of methoxy groups -OCH3 is 1. The molecule has 0 aliphatic carbocycles. The molecule has 0 fully saturated rings. The predicted octanol–water partition coefficient (Wildman–Crippen LogP) is 3.06. The second-order valence-electron chi connectivity index (χ2n) is 4.88. The van der Waals surface area contributed by atoms with E-state index in [9.17, 15) is 4.79 Å². The Balaban J connectivity index is 1.75. The lowest BCUT2D eigenvalue weighted by molar-refractivity contribution is 0.111. The maximum absolute atomic E-state index is 11.1. The van der Waals surface area contributed by atoms with Crippen LogP contribution in [0.25, 0.3) is 0 Å². The van der Waals surface area contributed by atoms with Crippen molar-refractivity contribution in [2.75, 3.05) is 20.3 Å². The molecule has 0 N–H and O–H groups in total. The van der Waals surface area contributed by atoms with Gasteiger partial charge >= 0.3 is 0 Å². The first-order valence-corrected chi connectivity index (χ1v) is 6.79. The van der Waals surface area contributed by atoms with Gasteiger partial charge in [0.05, 0.1) is 31.8 Å². The largest absolute Gasteiger partial charge is 0.497 e. The van der Waals surface area contributed by atoms with Crippen LogP contribution in [0.2, 0.25) is 0 Å². The van der Waals surface area contributed by atoms with Crippen molar-refractivity contribution in [2.24, 2.45) is 0 Å². The quantitative estimate of drug-likeness (QED) is 0.792. The highest BCUT2D eigenvalue weighted by Gasteiger charge is 2.24. The van der Waals surface area contributed by atoms with E-state index in [1.165, 1.54) is 0 Å². The van der Waals surface area contributed by atoms with Crippen LogP contribution in [0, 0.1) is 0 Å².